The van der Waals surface area contributed by atoms with Crippen molar-refractivity contribution in [3.05, 3.63) is 101 Å². The summed E-state index contributed by atoms with van der Waals surface area (Å²) in [7, 11) is 0. The van der Waals surface area contributed by atoms with E-state index in [9.17, 15) is 9.59 Å². The number of hydrogen-bond acceptors (Lipinski definition) is 5. The second-order valence-electron chi connectivity index (χ2n) is 7.08. The number of benzene rings is 1. The lowest BCUT2D eigenvalue weighted by Crippen LogP contribution is -2.52. The molecule has 1 atom stereocenters. The van der Waals surface area contributed by atoms with E-state index < -0.39 is 11.6 Å². The van der Waals surface area contributed by atoms with Crippen molar-refractivity contribution in [1.82, 2.24) is 19.9 Å². The molecule has 8 nitrogen and oxygen atoms in total. The Morgan fingerprint density at radius 1 is 1.13 bits per heavy atom. The highest BCUT2D eigenvalue weighted by atomic mass is 16.5. The molecule has 1 fully saturated rings. The molecule has 3 N–H and O–H groups in total. The molecule has 30 heavy (non-hydrogen) atoms. The number of hydrogen-bond donors (Lipinski definition) is 2. The SMILES string of the molecule is C=C1NC(=O)N(N)C1(Cn1cccc(C)c1=O)c1ccc(Oc2cccnc2)cc1. The van der Waals surface area contributed by atoms with Crippen molar-refractivity contribution >= 4 is 6.03 Å². The van der Waals surface area contributed by atoms with E-state index in [0.29, 0.717) is 28.3 Å². The lowest BCUT2D eigenvalue weighted by Gasteiger charge is -2.35. The highest BCUT2D eigenvalue weighted by Gasteiger charge is 2.49. The molecular formula is C22H21N5O3. The van der Waals surface area contributed by atoms with E-state index >= 15 is 0 Å². The summed E-state index contributed by atoms with van der Waals surface area (Å²) in [5.41, 5.74) is 0.388. The zero-order valence-electron chi connectivity index (χ0n) is 16.4. The molecule has 0 saturated carbocycles. The number of aryl methyl sites for hydroxylation is 1. The fraction of sp³-hybridized carbons (Fsp3) is 0.136. The number of carbonyl (C=O) groups is 1. The molecule has 1 saturated heterocycles. The number of carbonyl (C=O) groups excluding carboxylic acids is 1. The summed E-state index contributed by atoms with van der Waals surface area (Å²) in [4.78, 5) is 29.0. The van der Waals surface area contributed by atoms with E-state index in [4.69, 9.17) is 10.6 Å². The van der Waals surface area contributed by atoms with Gasteiger partial charge >= 0.3 is 6.03 Å². The molecule has 3 heterocycles. The van der Waals surface area contributed by atoms with Crippen LogP contribution in [0.25, 0.3) is 0 Å². The summed E-state index contributed by atoms with van der Waals surface area (Å²) in [6.45, 7) is 5.87. The van der Waals surface area contributed by atoms with Crippen LogP contribution in [0.4, 0.5) is 4.79 Å². The van der Waals surface area contributed by atoms with Gasteiger partial charge in [-0.2, -0.15) is 0 Å². The van der Waals surface area contributed by atoms with Crippen molar-refractivity contribution in [2.75, 3.05) is 0 Å². The molecular weight excluding hydrogens is 382 g/mol. The van der Waals surface area contributed by atoms with Gasteiger partial charge in [0.05, 0.1) is 12.7 Å². The van der Waals surface area contributed by atoms with E-state index in [2.05, 4.69) is 16.9 Å². The molecule has 2 amide bonds. The molecule has 1 aliphatic heterocycles. The predicted molar refractivity (Wildman–Crippen MR) is 112 cm³/mol. The molecule has 2 aromatic heterocycles. The van der Waals surface area contributed by atoms with Crippen LogP contribution >= 0.6 is 0 Å². The number of amides is 2. The van der Waals surface area contributed by atoms with Gasteiger partial charge in [-0.25, -0.2) is 15.6 Å². The highest BCUT2D eigenvalue weighted by Crippen LogP contribution is 2.39. The Hall–Kier alpha value is -3.91. The Morgan fingerprint density at radius 3 is 2.53 bits per heavy atom. The van der Waals surface area contributed by atoms with E-state index in [-0.39, 0.29) is 12.1 Å². The van der Waals surface area contributed by atoms with E-state index in [1.807, 2.05) is 0 Å². The van der Waals surface area contributed by atoms with Crippen molar-refractivity contribution in [3.63, 3.8) is 0 Å². The first-order valence-electron chi connectivity index (χ1n) is 9.31. The zero-order valence-corrected chi connectivity index (χ0v) is 16.4. The van der Waals surface area contributed by atoms with Gasteiger partial charge in [0.1, 0.15) is 17.0 Å². The fourth-order valence-electron chi connectivity index (χ4n) is 3.56. The molecule has 4 rings (SSSR count). The van der Waals surface area contributed by atoms with Gasteiger partial charge in [0, 0.05) is 23.7 Å². The van der Waals surface area contributed by atoms with Gasteiger partial charge in [0.15, 0.2) is 0 Å². The maximum atomic E-state index is 12.6. The third kappa shape index (κ3) is 3.23. The molecule has 152 valence electrons. The first-order chi connectivity index (χ1) is 14.4. The second kappa shape index (κ2) is 7.49. The first kappa shape index (κ1) is 19.4. The number of hydrazine groups is 1. The van der Waals surface area contributed by atoms with Gasteiger partial charge in [-0.1, -0.05) is 24.8 Å². The topological polar surface area (TPSA) is 102 Å². The predicted octanol–water partition coefficient (Wildman–Crippen LogP) is 2.65. The average Bonchev–Trinajstić information content (AvgIpc) is 2.96. The summed E-state index contributed by atoms with van der Waals surface area (Å²) < 4.78 is 7.32. The molecule has 1 unspecified atom stereocenters. The normalized spacial score (nSPS) is 18.4. The summed E-state index contributed by atoms with van der Waals surface area (Å²) in [5.74, 6) is 7.39. The average molecular weight is 403 g/mol. The molecule has 0 spiro atoms. The number of nitrogens with zero attached hydrogens (tertiary/aromatic N) is 3. The number of ether oxygens (including phenoxy) is 1. The van der Waals surface area contributed by atoms with Gasteiger partial charge in [-0.05, 0) is 42.8 Å². The summed E-state index contributed by atoms with van der Waals surface area (Å²) in [5, 5.41) is 3.76. The van der Waals surface area contributed by atoms with Crippen LogP contribution in [0.15, 0.2) is 84.2 Å². The largest absolute Gasteiger partial charge is 0.456 e. The maximum Gasteiger partial charge on any atom is 0.337 e. The molecule has 3 aromatic rings. The van der Waals surface area contributed by atoms with E-state index in [1.165, 1.54) is 4.57 Å². The van der Waals surface area contributed by atoms with Gasteiger partial charge in [0.2, 0.25) is 0 Å². The second-order valence-corrected chi connectivity index (χ2v) is 7.08. The Balaban J connectivity index is 1.74. The number of nitrogens with two attached hydrogens (primary N) is 1. The zero-order chi connectivity index (χ0) is 21.3. The van der Waals surface area contributed by atoms with E-state index in [1.54, 1.807) is 74.0 Å². The lowest BCUT2D eigenvalue weighted by atomic mass is 9.87. The van der Waals surface area contributed by atoms with Crippen molar-refractivity contribution < 1.29 is 9.53 Å². The molecule has 0 aliphatic carbocycles. The van der Waals surface area contributed by atoms with Crippen molar-refractivity contribution in [2.24, 2.45) is 5.84 Å². The van der Waals surface area contributed by atoms with Crippen LogP contribution in [0.2, 0.25) is 0 Å². The van der Waals surface area contributed by atoms with Crippen LogP contribution in [0.3, 0.4) is 0 Å². The Bertz CT molecular complexity index is 1160. The fourth-order valence-corrected chi connectivity index (χ4v) is 3.56. The third-order valence-corrected chi connectivity index (χ3v) is 5.20. The number of nitrogens with one attached hydrogen (secondary N) is 1. The van der Waals surface area contributed by atoms with Crippen LogP contribution in [-0.4, -0.2) is 20.6 Å². The van der Waals surface area contributed by atoms with Gasteiger partial charge in [-0.15, -0.1) is 0 Å². The number of aromatic nitrogens is 2. The Kier molecular flexibility index (Phi) is 4.85. The van der Waals surface area contributed by atoms with Crippen molar-refractivity contribution in [3.8, 4) is 11.5 Å². The van der Waals surface area contributed by atoms with Gasteiger partial charge in [0.25, 0.3) is 5.56 Å². The molecule has 0 bridgehead atoms. The van der Waals surface area contributed by atoms with Crippen LogP contribution in [-0.2, 0) is 12.1 Å². The quantitative estimate of drug-likeness (QED) is 0.504. The molecule has 1 aromatic carbocycles. The number of pyridine rings is 2. The third-order valence-electron chi connectivity index (χ3n) is 5.20. The molecule has 1 aliphatic rings. The van der Waals surface area contributed by atoms with Crippen LogP contribution < -0.4 is 21.5 Å². The van der Waals surface area contributed by atoms with Crippen molar-refractivity contribution in [1.29, 1.82) is 0 Å². The Morgan fingerprint density at radius 2 is 1.90 bits per heavy atom. The summed E-state index contributed by atoms with van der Waals surface area (Å²) in [6.07, 6.45) is 4.95. The number of urea groups is 1. The monoisotopic (exact) mass is 403 g/mol. The minimum absolute atomic E-state index is 0.115. The van der Waals surface area contributed by atoms with Gasteiger partial charge in [-0.3, -0.25) is 9.78 Å². The minimum atomic E-state index is -1.14. The van der Waals surface area contributed by atoms with Crippen molar-refractivity contribution in [2.45, 2.75) is 19.0 Å². The highest BCUT2D eigenvalue weighted by molar-refractivity contribution is 5.81. The minimum Gasteiger partial charge on any atom is -0.456 e. The standard InChI is InChI=1S/C22H21N5O3/c1-15-5-4-12-26(20(15)28)14-22(16(2)25-21(29)27(22)23)17-7-9-18(10-8-17)30-19-6-3-11-24-13-19/h3-13H,2,14,23H2,1H3,(H,25,29). The van der Waals surface area contributed by atoms with Crippen LogP contribution in [0.5, 0.6) is 11.5 Å². The van der Waals surface area contributed by atoms with Crippen LogP contribution in [0, 0.1) is 6.92 Å². The summed E-state index contributed by atoms with van der Waals surface area (Å²) >= 11 is 0. The molecule has 0 radical (unpaired) electrons. The van der Waals surface area contributed by atoms with E-state index in [0.717, 1.165) is 5.01 Å². The van der Waals surface area contributed by atoms with Crippen LogP contribution in [0.1, 0.15) is 11.1 Å². The first-order valence-corrected chi connectivity index (χ1v) is 9.31. The Labute approximate surface area is 173 Å². The summed E-state index contributed by atoms with van der Waals surface area (Å²) in [6, 6.07) is 13.8. The lowest BCUT2D eigenvalue weighted by molar-refractivity contribution is 0.151. The molecule has 8 heteroatoms. The smallest absolute Gasteiger partial charge is 0.337 e. The van der Waals surface area contributed by atoms with Gasteiger partial charge < -0.3 is 14.6 Å². The maximum absolute atomic E-state index is 12.6. The number of rotatable bonds is 5.